The first-order chi connectivity index (χ1) is 11.7. The van der Waals surface area contributed by atoms with Gasteiger partial charge < -0.3 is 19.9 Å². The Morgan fingerprint density at radius 3 is 2.80 bits per heavy atom. The van der Waals surface area contributed by atoms with Crippen LogP contribution in [-0.2, 0) is 22.5 Å². The fraction of sp³-hybridized carbons (Fsp3) is 0.706. The van der Waals surface area contributed by atoms with E-state index in [0.29, 0.717) is 24.6 Å². The van der Waals surface area contributed by atoms with Gasteiger partial charge in [-0.15, -0.1) is 11.3 Å². The summed E-state index contributed by atoms with van der Waals surface area (Å²) in [6.07, 6.45) is 1.23. The summed E-state index contributed by atoms with van der Waals surface area (Å²) in [7, 11) is 2.09. The van der Waals surface area contributed by atoms with E-state index < -0.39 is 5.60 Å². The second-order valence-corrected chi connectivity index (χ2v) is 8.86. The van der Waals surface area contributed by atoms with Gasteiger partial charge in [-0.1, -0.05) is 0 Å². The minimum absolute atomic E-state index is 0.0643. The van der Waals surface area contributed by atoms with Crippen LogP contribution in [0.1, 0.15) is 37.8 Å². The van der Waals surface area contributed by atoms with Crippen molar-refractivity contribution in [3.8, 4) is 0 Å². The zero-order valence-electron chi connectivity index (χ0n) is 15.3. The molecule has 2 aliphatic rings. The lowest BCUT2D eigenvalue weighted by molar-refractivity contribution is -0.119. The number of fused-ring (bicyclic) bond motifs is 1. The molecule has 0 saturated carbocycles. The molecule has 1 fully saturated rings. The predicted octanol–water partition coefficient (Wildman–Crippen LogP) is 2.33. The SMILES string of the molecule is CN1CCc2nc(NC(=O)C3CCN(C(=O)OC(C)(C)C)C3)sc2C1. The molecule has 1 aromatic heterocycles. The number of hydrogen-bond acceptors (Lipinski definition) is 6. The van der Waals surface area contributed by atoms with Crippen molar-refractivity contribution in [3.63, 3.8) is 0 Å². The number of anilines is 1. The first-order valence-electron chi connectivity index (χ1n) is 8.67. The highest BCUT2D eigenvalue weighted by atomic mass is 32.1. The molecule has 1 aromatic rings. The van der Waals surface area contributed by atoms with E-state index in [1.807, 2.05) is 20.8 Å². The molecule has 3 heterocycles. The van der Waals surface area contributed by atoms with Crippen LogP contribution in [0.2, 0.25) is 0 Å². The Morgan fingerprint density at radius 2 is 2.08 bits per heavy atom. The van der Waals surface area contributed by atoms with E-state index >= 15 is 0 Å². The number of likely N-dealkylation sites (tertiary alicyclic amines) is 1. The second-order valence-electron chi connectivity index (χ2n) is 7.78. The molecule has 7 nitrogen and oxygen atoms in total. The predicted molar refractivity (Wildman–Crippen MR) is 96.7 cm³/mol. The van der Waals surface area contributed by atoms with Gasteiger partial charge in [0.1, 0.15) is 5.60 Å². The highest BCUT2D eigenvalue weighted by Gasteiger charge is 2.34. The quantitative estimate of drug-likeness (QED) is 0.869. The summed E-state index contributed by atoms with van der Waals surface area (Å²) in [5, 5.41) is 3.60. The van der Waals surface area contributed by atoms with Crippen LogP contribution < -0.4 is 5.32 Å². The molecule has 8 heteroatoms. The molecule has 25 heavy (non-hydrogen) atoms. The molecule has 0 spiro atoms. The van der Waals surface area contributed by atoms with E-state index in [1.165, 1.54) is 4.88 Å². The van der Waals surface area contributed by atoms with E-state index in [9.17, 15) is 9.59 Å². The van der Waals surface area contributed by atoms with Crippen LogP contribution in [0, 0.1) is 5.92 Å². The van der Waals surface area contributed by atoms with Crippen LogP contribution in [0.25, 0.3) is 0 Å². The first kappa shape index (κ1) is 18.1. The van der Waals surface area contributed by atoms with Gasteiger partial charge >= 0.3 is 6.09 Å². The Bertz CT molecular complexity index is 667. The number of nitrogens with one attached hydrogen (secondary N) is 1. The van der Waals surface area contributed by atoms with Crippen LogP contribution in [0.3, 0.4) is 0 Å². The standard InChI is InChI=1S/C17H26N4O3S/c1-17(2,3)24-16(23)21-8-5-11(9-21)14(22)19-15-18-12-6-7-20(4)10-13(12)25-15/h11H,5-10H2,1-4H3,(H,18,19,22). The molecule has 1 saturated heterocycles. The molecular formula is C17H26N4O3S. The maximum absolute atomic E-state index is 12.5. The van der Waals surface area contributed by atoms with Gasteiger partial charge in [-0.05, 0) is 34.2 Å². The van der Waals surface area contributed by atoms with E-state index in [-0.39, 0.29) is 17.9 Å². The van der Waals surface area contributed by atoms with Gasteiger partial charge in [-0.25, -0.2) is 9.78 Å². The third kappa shape index (κ3) is 4.49. The van der Waals surface area contributed by atoms with Gasteiger partial charge in [0.2, 0.25) is 5.91 Å². The maximum Gasteiger partial charge on any atom is 0.410 e. The lowest BCUT2D eigenvalue weighted by Gasteiger charge is -2.24. The Hall–Kier alpha value is -1.67. The lowest BCUT2D eigenvalue weighted by Crippen LogP contribution is -2.36. The van der Waals surface area contributed by atoms with Gasteiger partial charge in [-0.2, -0.15) is 0 Å². The number of thiazole rings is 1. The number of amides is 2. The molecule has 2 aliphatic heterocycles. The smallest absolute Gasteiger partial charge is 0.410 e. The average Bonchev–Trinajstić information content (AvgIpc) is 3.11. The second kappa shape index (κ2) is 6.92. The zero-order chi connectivity index (χ0) is 18.2. The fourth-order valence-electron chi connectivity index (χ4n) is 3.05. The monoisotopic (exact) mass is 366 g/mol. The van der Waals surface area contributed by atoms with Crippen molar-refractivity contribution in [1.82, 2.24) is 14.8 Å². The van der Waals surface area contributed by atoms with Crippen molar-refractivity contribution in [2.45, 2.75) is 45.8 Å². The van der Waals surface area contributed by atoms with E-state index in [4.69, 9.17) is 4.74 Å². The number of hydrogen-bond donors (Lipinski definition) is 1. The van der Waals surface area contributed by atoms with Crippen molar-refractivity contribution in [1.29, 1.82) is 0 Å². The minimum atomic E-state index is -0.523. The molecule has 1 N–H and O–H groups in total. The van der Waals surface area contributed by atoms with Crippen molar-refractivity contribution in [2.24, 2.45) is 5.92 Å². The summed E-state index contributed by atoms with van der Waals surface area (Å²) in [6, 6.07) is 0. The average molecular weight is 366 g/mol. The summed E-state index contributed by atoms with van der Waals surface area (Å²) in [5.41, 5.74) is 0.574. The van der Waals surface area contributed by atoms with Gasteiger partial charge in [0.15, 0.2) is 5.13 Å². The summed E-state index contributed by atoms with van der Waals surface area (Å²) < 4.78 is 5.37. The van der Waals surface area contributed by atoms with Crippen LogP contribution in [0.4, 0.5) is 9.93 Å². The summed E-state index contributed by atoms with van der Waals surface area (Å²) in [5.74, 6) is -0.276. The Kier molecular flexibility index (Phi) is 5.02. The molecule has 138 valence electrons. The number of carbonyl (C=O) groups is 2. The normalized spacial score (nSPS) is 21.1. The summed E-state index contributed by atoms with van der Waals surface area (Å²) in [6.45, 7) is 8.35. The van der Waals surface area contributed by atoms with Crippen molar-refractivity contribution in [2.75, 3.05) is 32.0 Å². The van der Waals surface area contributed by atoms with Gasteiger partial charge in [0, 0.05) is 37.5 Å². The molecule has 1 unspecified atom stereocenters. The lowest BCUT2D eigenvalue weighted by atomic mass is 10.1. The van der Waals surface area contributed by atoms with Crippen molar-refractivity contribution in [3.05, 3.63) is 10.6 Å². The Balaban J connectivity index is 1.55. The van der Waals surface area contributed by atoms with Crippen LogP contribution in [-0.4, -0.2) is 59.1 Å². The number of carbonyl (C=O) groups excluding carboxylic acids is 2. The molecule has 0 radical (unpaired) electrons. The topological polar surface area (TPSA) is 74.8 Å². The van der Waals surface area contributed by atoms with E-state index in [1.54, 1.807) is 16.2 Å². The molecule has 0 bridgehead atoms. The summed E-state index contributed by atoms with van der Waals surface area (Å²) >= 11 is 1.55. The molecule has 0 aliphatic carbocycles. The zero-order valence-corrected chi connectivity index (χ0v) is 16.1. The minimum Gasteiger partial charge on any atom is -0.444 e. The van der Waals surface area contributed by atoms with Gasteiger partial charge in [-0.3, -0.25) is 4.79 Å². The molecular weight excluding hydrogens is 340 g/mol. The first-order valence-corrected chi connectivity index (χ1v) is 9.49. The highest BCUT2D eigenvalue weighted by Crippen LogP contribution is 2.29. The highest BCUT2D eigenvalue weighted by molar-refractivity contribution is 7.15. The molecule has 0 aromatic carbocycles. The van der Waals surface area contributed by atoms with Crippen LogP contribution in [0.5, 0.6) is 0 Å². The van der Waals surface area contributed by atoms with Crippen molar-refractivity contribution < 1.29 is 14.3 Å². The Morgan fingerprint density at radius 1 is 1.32 bits per heavy atom. The third-order valence-corrected chi connectivity index (χ3v) is 5.36. The maximum atomic E-state index is 12.5. The Labute approximate surface area is 152 Å². The van der Waals surface area contributed by atoms with Crippen LogP contribution >= 0.6 is 11.3 Å². The van der Waals surface area contributed by atoms with Crippen molar-refractivity contribution >= 4 is 28.5 Å². The number of aromatic nitrogens is 1. The molecule has 1 atom stereocenters. The largest absolute Gasteiger partial charge is 0.444 e. The van der Waals surface area contributed by atoms with Crippen LogP contribution in [0.15, 0.2) is 0 Å². The van der Waals surface area contributed by atoms with E-state index in [0.717, 1.165) is 25.2 Å². The number of ether oxygens (including phenoxy) is 1. The number of likely N-dealkylation sites (N-methyl/N-ethyl adjacent to an activating group) is 1. The number of nitrogens with zero attached hydrogens (tertiary/aromatic N) is 3. The van der Waals surface area contributed by atoms with E-state index in [2.05, 4.69) is 22.2 Å². The van der Waals surface area contributed by atoms with Gasteiger partial charge in [0.05, 0.1) is 11.6 Å². The molecule has 2 amide bonds. The number of rotatable bonds is 2. The third-order valence-electron chi connectivity index (χ3n) is 4.36. The summed E-state index contributed by atoms with van der Waals surface area (Å²) in [4.78, 5) is 34.3. The molecule has 3 rings (SSSR count). The fourth-order valence-corrected chi connectivity index (χ4v) is 4.14. The van der Waals surface area contributed by atoms with Gasteiger partial charge in [0.25, 0.3) is 0 Å².